The van der Waals surface area contributed by atoms with E-state index in [0.29, 0.717) is 25.9 Å². The normalized spacial score (nSPS) is 22.4. The summed E-state index contributed by atoms with van der Waals surface area (Å²) in [6.45, 7) is 2.87. The number of sulfone groups is 1. The van der Waals surface area contributed by atoms with Gasteiger partial charge >= 0.3 is 5.97 Å². The van der Waals surface area contributed by atoms with Crippen molar-refractivity contribution in [2.75, 3.05) is 24.6 Å². The standard InChI is InChI=1S/C10H19NO4S/c1-2-7-16(14,15)8-6-11-5-3-4-9(11)10(12)13/h9H,2-8H2,1H3,(H,12,13). The molecule has 1 fully saturated rings. The summed E-state index contributed by atoms with van der Waals surface area (Å²) in [5, 5.41) is 8.93. The molecule has 0 aromatic rings. The molecule has 1 unspecified atom stereocenters. The third kappa shape index (κ3) is 3.75. The smallest absolute Gasteiger partial charge is 0.320 e. The average Bonchev–Trinajstić information content (AvgIpc) is 2.62. The van der Waals surface area contributed by atoms with Crippen molar-refractivity contribution < 1.29 is 18.3 Å². The highest BCUT2D eigenvalue weighted by molar-refractivity contribution is 7.91. The van der Waals surface area contributed by atoms with Crippen molar-refractivity contribution >= 4 is 15.8 Å². The SMILES string of the molecule is CCCS(=O)(=O)CCN1CCCC1C(=O)O. The van der Waals surface area contributed by atoms with Crippen LogP contribution in [0.3, 0.4) is 0 Å². The molecule has 94 valence electrons. The van der Waals surface area contributed by atoms with Gasteiger partial charge in [0.2, 0.25) is 0 Å². The molecule has 0 saturated carbocycles. The fourth-order valence-electron chi connectivity index (χ4n) is 2.04. The van der Waals surface area contributed by atoms with Gasteiger partial charge < -0.3 is 5.11 Å². The van der Waals surface area contributed by atoms with E-state index in [1.54, 1.807) is 4.90 Å². The van der Waals surface area contributed by atoms with E-state index in [1.165, 1.54) is 0 Å². The Kier molecular flexibility index (Phi) is 4.73. The maximum absolute atomic E-state index is 11.5. The Morgan fingerprint density at radius 1 is 1.44 bits per heavy atom. The Bertz CT molecular complexity index is 339. The number of aliphatic carboxylic acids is 1. The van der Waals surface area contributed by atoms with Crippen molar-refractivity contribution in [1.82, 2.24) is 4.90 Å². The van der Waals surface area contributed by atoms with Crippen LogP contribution in [0.15, 0.2) is 0 Å². The molecule has 1 heterocycles. The van der Waals surface area contributed by atoms with Crippen LogP contribution in [-0.4, -0.2) is 55.0 Å². The van der Waals surface area contributed by atoms with Crippen LogP contribution in [0.2, 0.25) is 0 Å². The fraction of sp³-hybridized carbons (Fsp3) is 0.900. The second-order valence-electron chi connectivity index (χ2n) is 4.18. The summed E-state index contributed by atoms with van der Waals surface area (Å²) in [6, 6.07) is -0.489. The zero-order chi connectivity index (χ0) is 12.2. The Labute approximate surface area is 96.4 Å². The van der Waals surface area contributed by atoms with Gasteiger partial charge in [0.05, 0.1) is 5.75 Å². The predicted molar refractivity (Wildman–Crippen MR) is 61.2 cm³/mol. The molecule has 0 radical (unpaired) electrons. The molecule has 0 spiro atoms. The van der Waals surface area contributed by atoms with Gasteiger partial charge in [0.1, 0.15) is 6.04 Å². The lowest BCUT2D eigenvalue weighted by Crippen LogP contribution is -2.39. The van der Waals surface area contributed by atoms with Crippen molar-refractivity contribution in [1.29, 1.82) is 0 Å². The molecule has 1 atom stereocenters. The van der Waals surface area contributed by atoms with E-state index in [1.807, 2.05) is 6.92 Å². The van der Waals surface area contributed by atoms with Crippen molar-refractivity contribution in [2.45, 2.75) is 32.2 Å². The zero-order valence-corrected chi connectivity index (χ0v) is 10.4. The molecule has 0 aromatic carbocycles. The molecule has 16 heavy (non-hydrogen) atoms. The summed E-state index contributed by atoms with van der Waals surface area (Å²) >= 11 is 0. The van der Waals surface area contributed by atoms with Crippen molar-refractivity contribution in [3.63, 3.8) is 0 Å². The predicted octanol–water partition coefficient (Wildman–Crippen LogP) is 0.360. The van der Waals surface area contributed by atoms with E-state index < -0.39 is 21.8 Å². The van der Waals surface area contributed by atoms with Crippen LogP contribution >= 0.6 is 0 Å². The number of hydrogen-bond donors (Lipinski definition) is 1. The molecule has 1 saturated heterocycles. The number of hydrogen-bond acceptors (Lipinski definition) is 4. The van der Waals surface area contributed by atoms with Crippen LogP contribution in [0.5, 0.6) is 0 Å². The fourth-order valence-corrected chi connectivity index (χ4v) is 3.38. The summed E-state index contributed by atoms with van der Waals surface area (Å²) < 4.78 is 23.0. The number of carboxylic acids is 1. The van der Waals surface area contributed by atoms with E-state index in [2.05, 4.69) is 0 Å². The Morgan fingerprint density at radius 3 is 2.69 bits per heavy atom. The number of nitrogens with zero attached hydrogens (tertiary/aromatic N) is 1. The van der Waals surface area contributed by atoms with E-state index >= 15 is 0 Å². The molecule has 6 heteroatoms. The molecule has 1 aliphatic heterocycles. The lowest BCUT2D eigenvalue weighted by molar-refractivity contribution is -0.142. The summed E-state index contributed by atoms with van der Waals surface area (Å²) in [7, 11) is -3.00. The van der Waals surface area contributed by atoms with Crippen molar-refractivity contribution in [3.8, 4) is 0 Å². The van der Waals surface area contributed by atoms with Gasteiger partial charge in [-0.3, -0.25) is 9.69 Å². The van der Waals surface area contributed by atoms with Gasteiger partial charge in [-0.15, -0.1) is 0 Å². The average molecular weight is 249 g/mol. The second-order valence-corrected chi connectivity index (χ2v) is 6.49. The van der Waals surface area contributed by atoms with Gasteiger partial charge in [0, 0.05) is 12.3 Å². The first-order valence-electron chi connectivity index (χ1n) is 5.63. The topological polar surface area (TPSA) is 74.7 Å². The first-order valence-corrected chi connectivity index (χ1v) is 7.45. The van der Waals surface area contributed by atoms with Gasteiger partial charge in [0.15, 0.2) is 9.84 Å². The van der Waals surface area contributed by atoms with Crippen LogP contribution in [0.1, 0.15) is 26.2 Å². The number of carboxylic acid groups (broad SMARTS) is 1. The molecule has 0 aromatic heterocycles. The van der Waals surface area contributed by atoms with Crippen molar-refractivity contribution in [2.24, 2.45) is 0 Å². The highest BCUT2D eigenvalue weighted by Crippen LogP contribution is 2.17. The molecular formula is C10H19NO4S. The van der Waals surface area contributed by atoms with E-state index in [9.17, 15) is 13.2 Å². The zero-order valence-electron chi connectivity index (χ0n) is 9.55. The monoisotopic (exact) mass is 249 g/mol. The highest BCUT2D eigenvalue weighted by atomic mass is 32.2. The summed E-state index contributed by atoms with van der Waals surface area (Å²) in [6.07, 6.45) is 2.08. The molecule has 0 aliphatic carbocycles. The number of likely N-dealkylation sites (tertiary alicyclic amines) is 1. The summed E-state index contributed by atoms with van der Waals surface area (Å²) in [5.74, 6) is -0.575. The third-order valence-electron chi connectivity index (χ3n) is 2.85. The van der Waals surface area contributed by atoms with Crippen LogP contribution < -0.4 is 0 Å². The summed E-state index contributed by atoms with van der Waals surface area (Å²) in [4.78, 5) is 12.6. The number of rotatable bonds is 6. The lowest BCUT2D eigenvalue weighted by atomic mass is 10.2. The molecule has 1 rings (SSSR count). The Morgan fingerprint density at radius 2 is 2.12 bits per heavy atom. The molecule has 5 nitrogen and oxygen atoms in total. The van der Waals surface area contributed by atoms with Gasteiger partial charge in [-0.2, -0.15) is 0 Å². The summed E-state index contributed by atoms with van der Waals surface area (Å²) in [5.41, 5.74) is 0. The molecule has 1 N–H and O–H groups in total. The first-order chi connectivity index (χ1) is 7.46. The number of carbonyl (C=O) groups is 1. The van der Waals surface area contributed by atoms with E-state index in [-0.39, 0.29) is 11.5 Å². The van der Waals surface area contributed by atoms with Crippen LogP contribution in [0, 0.1) is 0 Å². The van der Waals surface area contributed by atoms with E-state index in [4.69, 9.17) is 5.11 Å². The van der Waals surface area contributed by atoms with Gasteiger partial charge in [-0.05, 0) is 25.8 Å². The molecule has 0 bridgehead atoms. The van der Waals surface area contributed by atoms with Crippen molar-refractivity contribution in [3.05, 3.63) is 0 Å². The quantitative estimate of drug-likeness (QED) is 0.735. The molecular weight excluding hydrogens is 230 g/mol. The first kappa shape index (κ1) is 13.4. The van der Waals surface area contributed by atoms with Crippen LogP contribution in [0.4, 0.5) is 0 Å². The van der Waals surface area contributed by atoms with Crippen LogP contribution in [-0.2, 0) is 14.6 Å². The largest absolute Gasteiger partial charge is 0.480 e. The van der Waals surface area contributed by atoms with Gasteiger partial charge in [-0.1, -0.05) is 6.92 Å². The minimum Gasteiger partial charge on any atom is -0.480 e. The maximum atomic E-state index is 11.5. The highest BCUT2D eigenvalue weighted by Gasteiger charge is 2.30. The molecule has 1 aliphatic rings. The minimum absolute atomic E-state index is 0.0740. The van der Waals surface area contributed by atoms with Crippen LogP contribution in [0.25, 0.3) is 0 Å². The van der Waals surface area contributed by atoms with Gasteiger partial charge in [-0.25, -0.2) is 8.42 Å². The maximum Gasteiger partial charge on any atom is 0.320 e. The second kappa shape index (κ2) is 5.63. The minimum atomic E-state index is -3.00. The van der Waals surface area contributed by atoms with Gasteiger partial charge in [0.25, 0.3) is 0 Å². The van der Waals surface area contributed by atoms with E-state index in [0.717, 1.165) is 6.42 Å². The Balaban J connectivity index is 2.46. The molecule has 0 amide bonds. The lowest BCUT2D eigenvalue weighted by Gasteiger charge is -2.20. The Hall–Kier alpha value is -0.620. The third-order valence-corrected chi connectivity index (χ3v) is 4.69.